The molecule has 0 fully saturated rings. The van der Waals surface area contributed by atoms with Gasteiger partial charge >= 0.3 is 6.18 Å². The van der Waals surface area contributed by atoms with E-state index >= 15 is 0 Å². The van der Waals surface area contributed by atoms with Crippen LogP contribution in [0.1, 0.15) is 16.1 Å². The van der Waals surface area contributed by atoms with Gasteiger partial charge in [-0.05, 0) is 54.6 Å². The van der Waals surface area contributed by atoms with E-state index < -0.39 is 23.6 Å². The molecule has 4 aromatic rings. The minimum Gasteiger partial charge on any atom is -0.322 e. The molecule has 30 heavy (non-hydrogen) atoms. The second-order valence-electron chi connectivity index (χ2n) is 6.29. The molecule has 1 N–H and O–H groups in total. The number of alkyl halides is 3. The van der Waals surface area contributed by atoms with Gasteiger partial charge in [0.2, 0.25) is 0 Å². The molecule has 0 aliphatic heterocycles. The topological polar surface area (TPSA) is 59.3 Å². The van der Waals surface area contributed by atoms with E-state index in [9.17, 15) is 22.4 Å². The highest BCUT2D eigenvalue weighted by Gasteiger charge is 2.36. The Hall–Kier alpha value is -3.46. The highest BCUT2D eigenvalue weighted by molar-refractivity contribution is 6.30. The number of aromatic nitrogens is 3. The molecular formula is C20H11ClF4N4O. The molecule has 2 aromatic carbocycles. The van der Waals surface area contributed by atoms with Crippen LogP contribution in [0.15, 0.2) is 60.8 Å². The maximum absolute atomic E-state index is 13.6. The molecule has 0 atom stereocenters. The third-order valence-electron chi connectivity index (χ3n) is 4.25. The Balaban J connectivity index is 1.83. The summed E-state index contributed by atoms with van der Waals surface area (Å²) >= 11 is 5.81. The van der Waals surface area contributed by atoms with Gasteiger partial charge in [0.05, 0.1) is 11.9 Å². The number of nitrogens with one attached hydrogen (secondary N) is 1. The van der Waals surface area contributed by atoms with Gasteiger partial charge < -0.3 is 5.32 Å². The number of halogens is 5. The fourth-order valence-electron chi connectivity index (χ4n) is 2.83. The molecule has 10 heteroatoms. The number of carbonyl (C=O) groups is 1. The van der Waals surface area contributed by atoms with Gasteiger partial charge in [-0.3, -0.25) is 4.79 Å². The number of anilines is 1. The van der Waals surface area contributed by atoms with Crippen LogP contribution in [0, 0.1) is 5.82 Å². The van der Waals surface area contributed by atoms with E-state index in [1.807, 2.05) is 0 Å². The lowest BCUT2D eigenvalue weighted by atomic mass is 10.1. The Morgan fingerprint density at radius 1 is 1.03 bits per heavy atom. The first kappa shape index (κ1) is 19.8. The predicted molar refractivity (Wildman–Crippen MR) is 103 cm³/mol. The molecule has 0 radical (unpaired) electrons. The third-order valence-corrected chi connectivity index (χ3v) is 4.50. The van der Waals surface area contributed by atoms with E-state index in [-0.39, 0.29) is 22.5 Å². The zero-order valence-electron chi connectivity index (χ0n) is 14.9. The van der Waals surface area contributed by atoms with E-state index in [1.54, 1.807) is 24.3 Å². The third kappa shape index (κ3) is 3.84. The van der Waals surface area contributed by atoms with Gasteiger partial charge in [-0.25, -0.2) is 13.9 Å². The van der Waals surface area contributed by atoms with Crippen LogP contribution in [-0.2, 0) is 6.18 Å². The Labute approximate surface area is 171 Å². The Kier molecular flexibility index (Phi) is 4.90. The fraction of sp³-hybridized carbons (Fsp3) is 0.0500. The standard InChI is InChI=1S/C20H11ClF4N4O/c21-12-3-7-14(8-4-12)27-19(30)15-10-26-29-17(20(23,24)25)9-16(28-18(15)29)11-1-5-13(22)6-2-11/h1-10H,(H,27,30). The Bertz CT molecular complexity index is 1230. The summed E-state index contributed by atoms with van der Waals surface area (Å²) in [5.41, 5.74) is -0.965. The van der Waals surface area contributed by atoms with E-state index in [1.165, 1.54) is 12.1 Å². The predicted octanol–water partition coefficient (Wildman–Crippen LogP) is 5.46. The maximum Gasteiger partial charge on any atom is 0.433 e. The lowest BCUT2D eigenvalue weighted by Crippen LogP contribution is -2.15. The highest BCUT2D eigenvalue weighted by Crippen LogP contribution is 2.33. The second kappa shape index (κ2) is 7.42. The summed E-state index contributed by atoms with van der Waals surface area (Å²) in [6, 6.07) is 11.8. The van der Waals surface area contributed by atoms with Crippen molar-refractivity contribution in [1.82, 2.24) is 14.6 Å². The number of fused-ring (bicyclic) bond motifs is 1. The summed E-state index contributed by atoms with van der Waals surface area (Å²) in [6.07, 6.45) is -3.75. The summed E-state index contributed by atoms with van der Waals surface area (Å²) in [5, 5.41) is 6.73. The number of nitrogens with zero attached hydrogens (tertiary/aromatic N) is 3. The maximum atomic E-state index is 13.6. The molecule has 0 saturated heterocycles. The zero-order valence-corrected chi connectivity index (χ0v) is 15.7. The summed E-state index contributed by atoms with van der Waals surface area (Å²) in [7, 11) is 0. The molecule has 0 unspecified atom stereocenters. The van der Waals surface area contributed by atoms with Crippen molar-refractivity contribution in [2.45, 2.75) is 6.18 Å². The SMILES string of the molecule is O=C(Nc1ccc(Cl)cc1)c1cnn2c(C(F)(F)F)cc(-c3ccc(F)cc3)nc12. The second-order valence-corrected chi connectivity index (χ2v) is 6.72. The first-order chi connectivity index (χ1) is 14.2. The summed E-state index contributed by atoms with van der Waals surface area (Å²) in [4.78, 5) is 16.8. The quantitative estimate of drug-likeness (QED) is 0.436. The van der Waals surface area contributed by atoms with Crippen molar-refractivity contribution in [1.29, 1.82) is 0 Å². The molecular weight excluding hydrogens is 424 g/mol. The van der Waals surface area contributed by atoms with Gasteiger partial charge in [-0.15, -0.1) is 0 Å². The van der Waals surface area contributed by atoms with Crippen LogP contribution < -0.4 is 5.32 Å². The van der Waals surface area contributed by atoms with Crippen LogP contribution >= 0.6 is 11.6 Å². The largest absolute Gasteiger partial charge is 0.433 e. The van der Waals surface area contributed by atoms with Gasteiger partial charge in [0, 0.05) is 16.3 Å². The van der Waals surface area contributed by atoms with Gasteiger partial charge in [0.1, 0.15) is 11.4 Å². The smallest absolute Gasteiger partial charge is 0.322 e. The van der Waals surface area contributed by atoms with Crippen LogP contribution in [0.5, 0.6) is 0 Å². The van der Waals surface area contributed by atoms with Gasteiger partial charge in [0.25, 0.3) is 5.91 Å². The van der Waals surface area contributed by atoms with Crippen LogP contribution in [0.25, 0.3) is 16.9 Å². The van der Waals surface area contributed by atoms with Crippen molar-refractivity contribution in [2.24, 2.45) is 0 Å². The number of rotatable bonds is 3. The minimum absolute atomic E-state index is 0.0733. The molecule has 1 amide bonds. The van der Waals surface area contributed by atoms with Gasteiger partial charge in [-0.1, -0.05) is 11.6 Å². The van der Waals surface area contributed by atoms with E-state index in [2.05, 4.69) is 15.4 Å². The molecule has 0 spiro atoms. The average molecular weight is 435 g/mol. The van der Waals surface area contributed by atoms with Crippen molar-refractivity contribution in [3.63, 3.8) is 0 Å². The first-order valence-corrected chi connectivity index (χ1v) is 8.89. The highest BCUT2D eigenvalue weighted by atomic mass is 35.5. The Morgan fingerprint density at radius 2 is 1.70 bits per heavy atom. The number of carbonyl (C=O) groups excluding carboxylic acids is 1. The number of hydrogen-bond donors (Lipinski definition) is 1. The van der Waals surface area contributed by atoms with Crippen molar-refractivity contribution >= 4 is 28.8 Å². The summed E-state index contributed by atoms with van der Waals surface area (Å²) in [6.45, 7) is 0. The molecule has 5 nitrogen and oxygen atoms in total. The normalized spacial score (nSPS) is 11.6. The molecule has 0 bridgehead atoms. The first-order valence-electron chi connectivity index (χ1n) is 8.51. The monoisotopic (exact) mass is 434 g/mol. The molecule has 2 heterocycles. The molecule has 0 saturated carbocycles. The summed E-state index contributed by atoms with van der Waals surface area (Å²) < 4.78 is 54.6. The van der Waals surface area contributed by atoms with Crippen LogP contribution in [0.4, 0.5) is 23.2 Å². The van der Waals surface area contributed by atoms with E-state index in [0.29, 0.717) is 15.2 Å². The Morgan fingerprint density at radius 3 is 2.33 bits per heavy atom. The van der Waals surface area contributed by atoms with Crippen molar-refractivity contribution in [3.8, 4) is 11.3 Å². The summed E-state index contributed by atoms with van der Waals surface area (Å²) in [5.74, 6) is -1.23. The van der Waals surface area contributed by atoms with Gasteiger partial charge in [-0.2, -0.15) is 18.3 Å². The molecule has 2 aromatic heterocycles. The minimum atomic E-state index is -4.76. The van der Waals surface area contributed by atoms with Crippen molar-refractivity contribution in [2.75, 3.05) is 5.32 Å². The van der Waals surface area contributed by atoms with Crippen molar-refractivity contribution < 1.29 is 22.4 Å². The van der Waals surface area contributed by atoms with Crippen LogP contribution in [-0.4, -0.2) is 20.5 Å². The average Bonchev–Trinajstić information content (AvgIpc) is 3.13. The lowest BCUT2D eigenvalue weighted by Gasteiger charge is -2.12. The van der Waals surface area contributed by atoms with Crippen molar-refractivity contribution in [3.05, 3.63) is 82.9 Å². The molecule has 0 aliphatic rings. The number of benzene rings is 2. The molecule has 4 rings (SSSR count). The number of hydrogen-bond acceptors (Lipinski definition) is 3. The zero-order chi connectivity index (χ0) is 21.5. The lowest BCUT2D eigenvalue weighted by molar-refractivity contribution is -0.142. The number of amides is 1. The molecule has 152 valence electrons. The fourth-order valence-corrected chi connectivity index (χ4v) is 2.95. The van der Waals surface area contributed by atoms with Crippen LogP contribution in [0.2, 0.25) is 5.02 Å². The molecule has 0 aliphatic carbocycles. The van der Waals surface area contributed by atoms with Crippen LogP contribution in [0.3, 0.4) is 0 Å². The van der Waals surface area contributed by atoms with Gasteiger partial charge in [0.15, 0.2) is 11.3 Å². The van der Waals surface area contributed by atoms with E-state index in [0.717, 1.165) is 24.4 Å². The van der Waals surface area contributed by atoms with E-state index in [4.69, 9.17) is 11.6 Å².